The Bertz CT molecular complexity index is 953. The van der Waals surface area contributed by atoms with Gasteiger partial charge in [-0.25, -0.2) is 10.4 Å². The zero-order valence-electron chi connectivity index (χ0n) is 19.0. The number of anilines is 1. The molecule has 3 saturated heterocycles. The third-order valence-electron chi connectivity index (χ3n) is 7.86. The minimum Gasteiger partial charge on any atom is -0.355 e. The van der Waals surface area contributed by atoms with Gasteiger partial charge in [0.25, 0.3) is 0 Å². The quantitative estimate of drug-likeness (QED) is 0.569. The number of nitrogens with two attached hydrogens (primary N) is 1. The fraction of sp³-hybridized carbons (Fsp3) is 0.667. The number of hydrogen-bond acceptors (Lipinski definition) is 7. The molecule has 0 spiro atoms. The lowest BCUT2D eigenvalue weighted by atomic mass is 9.82. The van der Waals surface area contributed by atoms with Gasteiger partial charge in [0, 0.05) is 62.0 Å². The van der Waals surface area contributed by atoms with Gasteiger partial charge in [0.05, 0.1) is 17.9 Å². The maximum absolute atomic E-state index is 6.33. The monoisotopic (exact) mass is 436 g/mol. The second-order valence-corrected chi connectivity index (χ2v) is 10.1. The first kappa shape index (κ1) is 20.6. The van der Waals surface area contributed by atoms with Gasteiger partial charge in [-0.2, -0.15) is 5.10 Å². The highest BCUT2D eigenvalue weighted by Crippen LogP contribution is 2.45. The summed E-state index contributed by atoms with van der Waals surface area (Å²) in [7, 11) is 0. The topological polar surface area (TPSA) is 96.1 Å². The molecule has 32 heavy (non-hydrogen) atoms. The largest absolute Gasteiger partial charge is 0.355 e. The first-order valence-electron chi connectivity index (χ1n) is 12.5. The molecule has 0 aromatic carbocycles. The van der Waals surface area contributed by atoms with E-state index < -0.39 is 0 Å². The minimum atomic E-state index is 0.219. The van der Waals surface area contributed by atoms with Crippen LogP contribution in [0.25, 0.3) is 0 Å². The van der Waals surface area contributed by atoms with E-state index in [0.717, 1.165) is 51.1 Å². The van der Waals surface area contributed by atoms with Crippen LogP contribution in [0.2, 0.25) is 0 Å². The van der Waals surface area contributed by atoms with Crippen molar-refractivity contribution in [2.75, 3.05) is 24.5 Å². The molecule has 4 fully saturated rings. The molecule has 5 N–H and O–H groups in total. The van der Waals surface area contributed by atoms with Crippen LogP contribution in [0, 0.1) is 5.92 Å². The van der Waals surface area contributed by atoms with E-state index in [2.05, 4.69) is 51.4 Å². The molecule has 5 atom stereocenters. The van der Waals surface area contributed by atoms with Crippen molar-refractivity contribution in [2.24, 2.45) is 11.7 Å². The lowest BCUT2D eigenvalue weighted by Gasteiger charge is -2.35. The van der Waals surface area contributed by atoms with Crippen LogP contribution in [-0.4, -0.2) is 46.5 Å². The van der Waals surface area contributed by atoms with Gasteiger partial charge in [-0.15, -0.1) is 0 Å². The van der Waals surface area contributed by atoms with Gasteiger partial charge in [0.15, 0.2) is 0 Å². The van der Waals surface area contributed by atoms with Crippen molar-refractivity contribution >= 4 is 5.82 Å². The number of hydrazine groups is 1. The Kier molecular flexibility index (Phi) is 5.41. The fourth-order valence-electron chi connectivity index (χ4n) is 5.87. The second-order valence-electron chi connectivity index (χ2n) is 10.1. The summed E-state index contributed by atoms with van der Waals surface area (Å²) >= 11 is 0. The normalized spacial score (nSPS) is 32.8. The summed E-state index contributed by atoms with van der Waals surface area (Å²) in [6.07, 6.45) is 10.1. The van der Waals surface area contributed by atoms with E-state index in [1.54, 1.807) is 0 Å². The SMILES string of the molecule is CCn1cc(C2CC3C(CN2)NNC3c2ccc(C3CC3)c(N3CCC[C@H](N)C3)n2)cn1. The number of aromatic nitrogens is 3. The molecular weight excluding hydrogens is 400 g/mol. The third-order valence-corrected chi connectivity index (χ3v) is 7.86. The van der Waals surface area contributed by atoms with Crippen LogP contribution >= 0.6 is 0 Å². The van der Waals surface area contributed by atoms with E-state index in [-0.39, 0.29) is 12.1 Å². The number of fused-ring (bicyclic) bond motifs is 1. The van der Waals surface area contributed by atoms with Crippen LogP contribution in [0.15, 0.2) is 24.5 Å². The molecule has 8 nitrogen and oxygen atoms in total. The maximum atomic E-state index is 6.33. The van der Waals surface area contributed by atoms with Gasteiger partial charge in [0.2, 0.25) is 0 Å². The molecule has 0 amide bonds. The van der Waals surface area contributed by atoms with Gasteiger partial charge in [-0.3, -0.25) is 10.1 Å². The highest BCUT2D eigenvalue weighted by molar-refractivity contribution is 5.52. The van der Waals surface area contributed by atoms with E-state index >= 15 is 0 Å². The number of nitrogens with one attached hydrogen (secondary N) is 3. The molecule has 5 heterocycles. The third kappa shape index (κ3) is 3.83. The highest BCUT2D eigenvalue weighted by atomic mass is 15.4. The molecule has 8 heteroatoms. The minimum absolute atomic E-state index is 0.219. The summed E-state index contributed by atoms with van der Waals surface area (Å²) in [6.45, 7) is 5.98. The van der Waals surface area contributed by atoms with Crippen LogP contribution < -0.4 is 26.8 Å². The van der Waals surface area contributed by atoms with E-state index in [9.17, 15) is 0 Å². The average molecular weight is 437 g/mol. The van der Waals surface area contributed by atoms with Crippen LogP contribution in [0.4, 0.5) is 5.82 Å². The zero-order valence-corrected chi connectivity index (χ0v) is 19.0. The molecule has 4 aliphatic rings. The Balaban J connectivity index is 1.26. The first-order valence-corrected chi connectivity index (χ1v) is 12.5. The lowest BCUT2D eigenvalue weighted by Crippen LogP contribution is -2.46. The summed E-state index contributed by atoms with van der Waals surface area (Å²) < 4.78 is 2.01. The van der Waals surface area contributed by atoms with Crippen molar-refractivity contribution in [3.63, 3.8) is 0 Å². The van der Waals surface area contributed by atoms with Crippen molar-refractivity contribution in [1.82, 2.24) is 30.9 Å². The zero-order chi connectivity index (χ0) is 21.7. The Morgan fingerprint density at radius 3 is 2.88 bits per heavy atom. The highest BCUT2D eigenvalue weighted by Gasteiger charge is 2.42. The number of piperidine rings is 2. The summed E-state index contributed by atoms with van der Waals surface area (Å²) in [6, 6.07) is 5.85. The molecule has 3 aliphatic heterocycles. The molecule has 172 valence electrons. The molecule has 0 radical (unpaired) electrons. The number of aryl methyl sites for hydroxylation is 1. The van der Waals surface area contributed by atoms with Crippen molar-refractivity contribution in [1.29, 1.82) is 0 Å². The Morgan fingerprint density at radius 1 is 1.19 bits per heavy atom. The van der Waals surface area contributed by atoms with Crippen LogP contribution in [-0.2, 0) is 6.54 Å². The van der Waals surface area contributed by atoms with Gasteiger partial charge in [-0.1, -0.05) is 6.07 Å². The van der Waals surface area contributed by atoms with Crippen molar-refractivity contribution in [3.8, 4) is 0 Å². The molecule has 4 unspecified atom stereocenters. The Labute approximate surface area is 190 Å². The van der Waals surface area contributed by atoms with Crippen LogP contribution in [0.5, 0.6) is 0 Å². The number of pyridine rings is 1. The second kappa shape index (κ2) is 8.41. The smallest absolute Gasteiger partial charge is 0.132 e. The standard InChI is InChI=1S/C24H36N8/c1-2-32-13-16(11-27-32)21-10-19-22(12-26-21)29-30-23(19)20-8-7-18(15-5-6-15)24(28-20)31-9-3-4-17(25)14-31/h7-8,11,13,15,17,19,21-23,26,29-30H,2-6,9-10,12,14,25H2,1H3/t17-,19?,21?,22?,23?/m0/s1. The predicted octanol–water partition coefficient (Wildman–Crippen LogP) is 1.97. The van der Waals surface area contributed by atoms with Crippen molar-refractivity contribution in [2.45, 2.75) is 75.7 Å². The predicted molar refractivity (Wildman–Crippen MR) is 125 cm³/mol. The molecule has 0 bridgehead atoms. The number of hydrogen-bond donors (Lipinski definition) is 4. The van der Waals surface area contributed by atoms with Gasteiger partial charge >= 0.3 is 0 Å². The van der Waals surface area contributed by atoms with Gasteiger partial charge < -0.3 is 16.0 Å². The number of rotatable bonds is 5. The average Bonchev–Trinajstić information content (AvgIpc) is 3.40. The fourth-order valence-corrected chi connectivity index (χ4v) is 5.87. The molecule has 1 saturated carbocycles. The molecule has 6 rings (SSSR count). The van der Waals surface area contributed by atoms with Gasteiger partial charge in [-0.05, 0) is 56.6 Å². The number of nitrogens with zero attached hydrogens (tertiary/aromatic N) is 4. The molecular formula is C24H36N8. The Hall–Kier alpha value is -2.00. The maximum Gasteiger partial charge on any atom is 0.132 e. The first-order chi connectivity index (χ1) is 15.7. The summed E-state index contributed by atoms with van der Waals surface area (Å²) in [5, 5.41) is 8.21. The van der Waals surface area contributed by atoms with Crippen LogP contribution in [0.1, 0.15) is 73.9 Å². The molecule has 2 aromatic heterocycles. The van der Waals surface area contributed by atoms with Crippen molar-refractivity contribution in [3.05, 3.63) is 41.3 Å². The lowest BCUT2D eigenvalue weighted by molar-refractivity contribution is 0.265. The molecule has 1 aliphatic carbocycles. The van der Waals surface area contributed by atoms with Crippen LogP contribution in [0.3, 0.4) is 0 Å². The van der Waals surface area contributed by atoms with E-state index in [4.69, 9.17) is 10.7 Å². The van der Waals surface area contributed by atoms with E-state index in [0.29, 0.717) is 23.9 Å². The van der Waals surface area contributed by atoms with E-state index in [1.807, 2.05) is 10.9 Å². The van der Waals surface area contributed by atoms with E-state index in [1.165, 1.54) is 29.8 Å². The summed E-state index contributed by atoms with van der Waals surface area (Å²) in [5.41, 5.74) is 17.3. The van der Waals surface area contributed by atoms with Gasteiger partial charge in [0.1, 0.15) is 5.82 Å². The summed E-state index contributed by atoms with van der Waals surface area (Å²) in [4.78, 5) is 7.77. The molecule has 2 aromatic rings. The van der Waals surface area contributed by atoms with Crippen molar-refractivity contribution < 1.29 is 0 Å². The summed E-state index contributed by atoms with van der Waals surface area (Å²) in [5.74, 6) is 2.37. The Morgan fingerprint density at radius 2 is 2.09 bits per heavy atom.